The predicted molar refractivity (Wildman–Crippen MR) is 66.8 cm³/mol. The van der Waals surface area contributed by atoms with E-state index in [4.69, 9.17) is 5.73 Å². The van der Waals surface area contributed by atoms with Crippen molar-refractivity contribution in [1.29, 1.82) is 0 Å². The van der Waals surface area contributed by atoms with Gasteiger partial charge in [0.15, 0.2) is 0 Å². The lowest BCUT2D eigenvalue weighted by atomic mass is 10.2. The molecule has 2 aromatic rings. The number of nitrogens with two attached hydrogens (primary N) is 1. The lowest BCUT2D eigenvalue weighted by Gasteiger charge is -2.06. The van der Waals surface area contributed by atoms with Crippen molar-refractivity contribution in [3.05, 3.63) is 59.7 Å². The van der Waals surface area contributed by atoms with Crippen LogP contribution in [0.3, 0.4) is 0 Å². The first-order valence-electron chi connectivity index (χ1n) is 5.08. The SMILES string of the molecule is Nc1cccc(F)c1CSc1ccc(F)cc1. The molecule has 2 rings (SSSR count). The average Bonchev–Trinajstić information content (AvgIpc) is 2.31. The molecule has 0 unspecified atom stereocenters. The maximum absolute atomic E-state index is 13.5. The Kier molecular flexibility index (Phi) is 3.64. The minimum atomic E-state index is -0.306. The molecule has 0 aromatic heterocycles. The van der Waals surface area contributed by atoms with Crippen LogP contribution in [-0.4, -0.2) is 0 Å². The Balaban J connectivity index is 2.10. The van der Waals surface area contributed by atoms with E-state index in [1.54, 1.807) is 24.3 Å². The lowest BCUT2D eigenvalue weighted by Crippen LogP contribution is -1.96. The van der Waals surface area contributed by atoms with Gasteiger partial charge in [-0.05, 0) is 36.4 Å². The molecule has 0 fully saturated rings. The number of rotatable bonds is 3. The fourth-order valence-electron chi connectivity index (χ4n) is 1.41. The molecule has 0 aliphatic heterocycles. The van der Waals surface area contributed by atoms with Crippen LogP contribution < -0.4 is 5.73 Å². The fourth-order valence-corrected chi connectivity index (χ4v) is 2.36. The normalized spacial score (nSPS) is 10.5. The molecule has 0 aliphatic rings. The van der Waals surface area contributed by atoms with Crippen LogP contribution in [0.1, 0.15) is 5.56 Å². The molecule has 88 valence electrons. The Bertz CT molecular complexity index is 491. The third kappa shape index (κ3) is 2.97. The van der Waals surface area contributed by atoms with Crippen LogP contribution in [-0.2, 0) is 5.75 Å². The van der Waals surface area contributed by atoms with Gasteiger partial charge in [-0.2, -0.15) is 0 Å². The summed E-state index contributed by atoms with van der Waals surface area (Å²) in [5, 5.41) is 0. The fraction of sp³-hybridized carbons (Fsp3) is 0.0769. The molecule has 0 aliphatic carbocycles. The Labute approximate surface area is 103 Å². The van der Waals surface area contributed by atoms with Crippen molar-refractivity contribution < 1.29 is 8.78 Å². The topological polar surface area (TPSA) is 26.0 Å². The van der Waals surface area contributed by atoms with Crippen LogP contribution >= 0.6 is 11.8 Å². The van der Waals surface area contributed by atoms with E-state index in [0.29, 0.717) is 17.0 Å². The summed E-state index contributed by atoms with van der Waals surface area (Å²) < 4.78 is 26.2. The zero-order chi connectivity index (χ0) is 12.3. The Hall–Kier alpha value is -1.55. The van der Waals surface area contributed by atoms with Crippen LogP contribution in [0, 0.1) is 11.6 Å². The van der Waals surface area contributed by atoms with Crippen molar-refractivity contribution in [3.63, 3.8) is 0 Å². The molecule has 2 aromatic carbocycles. The number of hydrogen-bond donors (Lipinski definition) is 1. The number of anilines is 1. The van der Waals surface area contributed by atoms with Gasteiger partial charge < -0.3 is 5.73 Å². The third-order valence-electron chi connectivity index (χ3n) is 2.35. The van der Waals surface area contributed by atoms with E-state index in [-0.39, 0.29) is 11.6 Å². The lowest BCUT2D eigenvalue weighted by molar-refractivity contribution is 0.618. The molecule has 0 heterocycles. The molecule has 4 heteroatoms. The highest BCUT2D eigenvalue weighted by Crippen LogP contribution is 2.27. The first kappa shape index (κ1) is 11.9. The molecule has 0 bridgehead atoms. The van der Waals surface area contributed by atoms with Gasteiger partial charge in [-0.1, -0.05) is 6.07 Å². The molecule has 17 heavy (non-hydrogen) atoms. The standard InChI is InChI=1S/C13H11F2NS/c14-9-4-6-10(7-5-9)17-8-11-12(15)2-1-3-13(11)16/h1-7H,8,16H2. The predicted octanol–water partition coefficient (Wildman–Crippen LogP) is 3.84. The summed E-state index contributed by atoms with van der Waals surface area (Å²) in [6.07, 6.45) is 0. The molecule has 0 spiro atoms. The zero-order valence-corrected chi connectivity index (χ0v) is 9.81. The largest absolute Gasteiger partial charge is 0.398 e. The molecule has 0 saturated heterocycles. The smallest absolute Gasteiger partial charge is 0.129 e. The van der Waals surface area contributed by atoms with E-state index < -0.39 is 0 Å². The molecule has 2 N–H and O–H groups in total. The van der Waals surface area contributed by atoms with E-state index in [1.807, 2.05) is 0 Å². The van der Waals surface area contributed by atoms with E-state index in [1.165, 1.54) is 30.0 Å². The second kappa shape index (κ2) is 5.19. The summed E-state index contributed by atoms with van der Waals surface area (Å²) in [7, 11) is 0. The van der Waals surface area contributed by atoms with Crippen molar-refractivity contribution in [3.8, 4) is 0 Å². The van der Waals surface area contributed by atoms with Crippen molar-refractivity contribution in [2.24, 2.45) is 0 Å². The van der Waals surface area contributed by atoms with Crippen molar-refractivity contribution >= 4 is 17.4 Å². The summed E-state index contributed by atoms with van der Waals surface area (Å²) in [4.78, 5) is 0.883. The summed E-state index contributed by atoms with van der Waals surface area (Å²) >= 11 is 1.42. The van der Waals surface area contributed by atoms with Crippen LogP contribution in [0.5, 0.6) is 0 Å². The number of hydrogen-bond acceptors (Lipinski definition) is 2. The van der Waals surface area contributed by atoms with E-state index in [9.17, 15) is 8.78 Å². The maximum atomic E-state index is 13.5. The van der Waals surface area contributed by atoms with Gasteiger partial charge in [-0.15, -0.1) is 11.8 Å². The highest BCUT2D eigenvalue weighted by atomic mass is 32.2. The van der Waals surface area contributed by atoms with Gasteiger partial charge in [-0.3, -0.25) is 0 Å². The highest BCUT2D eigenvalue weighted by Gasteiger charge is 2.06. The Morgan fingerprint density at radius 3 is 2.35 bits per heavy atom. The summed E-state index contributed by atoms with van der Waals surface area (Å²) in [6, 6.07) is 10.7. The minimum Gasteiger partial charge on any atom is -0.398 e. The molecular weight excluding hydrogens is 240 g/mol. The average molecular weight is 251 g/mol. The van der Waals surface area contributed by atoms with Gasteiger partial charge in [0.2, 0.25) is 0 Å². The number of thioether (sulfide) groups is 1. The van der Waals surface area contributed by atoms with E-state index in [0.717, 1.165) is 4.90 Å². The first-order chi connectivity index (χ1) is 8.16. The molecule has 0 atom stereocenters. The van der Waals surface area contributed by atoms with Gasteiger partial charge in [0.25, 0.3) is 0 Å². The maximum Gasteiger partial charge on any atom is 0.129 e. The van der Waals surface area contributed by atoms with Gasteiger partial charge in [-0.25, -0.2) is 8.78 Å². The highest BCUT2D eigenvalue weighted by molar-refractivity contribution is 7.98. The Morgan fingerprint density at radius 1 is 1.00 bits per heavy atom. The Morgan fingerprint density at radius 2 is 1.71 bits per heavy atom. The summed E-state index contributed by atoms with van der Waals surface area (Å²) in [6.45, 7) is 0. The van der Waals surface area contributed by atoms with Crippen LogP contribution in [0.2, 0.25) is 0 Å². The van der Waals surface area contributed by atoms with E-state index in [2.05, 4.69) is 0 Å². The van der Waals surface area contributed by atoms with Gasteiger partial charge >= 0.3 is 0 Å². The molecule has 0 saturated carbocycles. The second-order valence-corrected chi connectivity index (χ2v) is 4.60. The van der Waals surface area contributed by atoms with Gasteiger partial charge in [0.05, 0.1) is 0 Å². The molecule has 0 amide bonds. The van der Waals surface area contributed by atoms with Gasteiger partial charge in [0, 0.05) is 21.9 Å². The van der Waals surface area contributed by atoms with Crippen molar-refractivity contribution in [1.82, 2.24) is 0 Å². The second-order valence-electron chi connectivity index (χ2n) is 3.55. The zero-order valence-electron chi connectivity index (χ0n) is 8.99. The first-order valence-corrected chi connectivity index (χ1v) is 6.06. The molecule has 0 radical (unpaired) electrons. The van der Waals surface area contributed by atoms with Crippen LogP contribution in [0.25, 0.3) is 0 Å². The number of halogens is 2. The number of benzene rings is 2. The molecular formula is C13H11F2NS. The van der Waals surface area contributed by atoms with Crippen LogP contribution in [0.15, 0.2) is 47.4 Å². The van der Waals surface area contributed by atoms with Gasteiger partial charge in [0.1, 0.15) is 11.6 Å². The third-order valence-corrected chi connectivity index (χ3v) is 3.39. The summed E-state index contributed by atoms with van der Waals surface area (Å²) in [5.74, 6) is -0.149. The summed E-state index contributed by atoms with van der Waals surface area (Å²) in [5.41, 5.74) is 6.63. The quantitative estimate of drug-likeness (QED) is 0.662. The molecule has 1 nitrogen and oxygen atoms in total. The number of nitrogen functional groups attached to an aromatic ring is 1. The van der Waals surface area contributed by atoms with Crippen molar-refractivity contribution in [2.75, 3.05) is 5.73 Å². The van der Waals surface area contributed by atoms with Crippen LogP contribution in [0.4, 0.5) is 14.5 Å². The van der Waals surface area contributed by atoms with Crippen molar-refractivity contribution in [2.45, 2.75) is 10.6 Å². The van der Waals surface area contributed by atoms with E-state index >= 15 is 0 Å². The minimum absolute atomic E-state index is 0.278. The monoisotopic (exact) mass is 251 g/mol.